The van der Waals surface area contributed by atoms with Gasteiger partial charge in [-0.15, -0.1) is 0 Å². The molecule has 2 amide bonds. The number of amides is 2. The zero-order chi connectivity index (χ0) is 23.7. The summed E-state index contributed by atoms with van der Waals surface area (Å²) < 4.78 is 10.9. The van der Waals surface area contributed by atoms with Crippen LogP contribution < -0.4 is 25.6 Å². The van der Waals surface area contributed by atoms with Crippen molar-refractivity contribution in [3.8, 4) is 5.75 Å². The van der Waals surface area contributed by atoms with Gasteiger partial charge in [0.05, 0.1) is 30.3 Å². The highest BCUT2D eigenvalue weighted by molar-refractivity contribution is 6.13. The van der Waals surface area contributed by atoms with E-state index in [1.807, 2.05) is 83.8 Å². The van der Waals surface area contributed by atoms with Gasteiger partial charge in [0, 0.05) is 5.69 Å². The Morgan fingerprint density at radius 1 is 1.00 bits per heavy atom. The molecule has 0 bridgehead atoms. The number of ether oxygens (including phenoxy) is 1. The van der Waals surface area contributed by atoms with E-state index < -0.39 is 6.03 Å². The van der Waals surface area contributed by atoms with Crippen molar-refractivity contribution in [1.29, 1.82) is 5.41 Å². The molecule has 0 radical (unpaired) electrons. The first-order valence-corrected chi connectivity index (χ1v) is 10.7. The molecule has 0 fully saturated rings. The Balaban J connectivity index is 1.53. The third-order valence-electron chi connectivity index (χ3n) is 5.74. The smallest absolute Gasteiger partial charge is 0.323 e. The lowest BCUT2D eigenvalue weighted by atomic mass is 10.1. The Hall–Kier alpha value is -4.72. The van der Waals surface area contributed by atoms with Gasteiger partial charge >= 0.3 is 6.03 Å². The minimum atomic E-state index is -0.578. The first-order chi connectivity index (χ1) is 16.6. The molecule has 8 nitrogen and oxygen atoms in total. The van der Waals surface area contributed by atoms with E-state index in [4.69, 9.17) is 20.3 Å². The minimum Gasteiger partial charge on any atom is -0.497 e. The largest absolute Gasteiger partial charge is 0.497 e. The second kappa shape index (κ2) is 8.67. The molecule has 1 atom stereocenters. The SMILES string of the molecule is COc1ccc(C2Nc3occc3C(=N)N2c2ccc(N(C(N)=O)c3ccccc3)cc2)cc1. The topological polar surface area (TPSA) is 108 Å². The zero-order valence-corrected chi connectivity index (χ0v) is 18.4. The molecule has 0 spiro atoms. The number of amidine groups is 1. The molecule has 4 aromatic rings. The van der Waals surface area contributed by atoms with Gasteiger partial charge < -0.3 is 25.1 Å². The predicted molar refractivity (Wildman–Crippen MR) is 132 cm³/mol. The van der Waals surface area contributed by atoms with Gasteiger partial charge in [-0.1, -0.05) is 30.3 Å². The third-order valence-corrected chi connectivity index (χ3v) is 5.74. The summed E-state index contributed by atoms with van der Waals surface area (Å²) in [4.78, 5) is 15.5. The monoisotopic (exact) mass is 453 g/mol. The molecule has 1 aliphatic heterocycles. The summed E-state index contributed by atoms with van der Waals surface area (Å²) in [6.45, 7) is 0. The standard InChI is InChI=1S/C26H23N5O3/c1-33-21-13-7-17(8-14-21)24-29-25-22(15-16-34-25)23(27)31(24)20-11-9-19(10-12-20)30(26(28)32)18-5-3-2-4-6-18/h2-16,24,27,29H,1H3,(H2,28,32). The number of fused-ring (bicyclic) bond motifs is 1. The van der Waals surface area contributed by atoms with Crippen LogP contribution >= 0.6 is 0 Å². The van der Waals surface area contributed by atoms with Crippen molar-refractivity contribution in [2.45, 2.75) is 6.17 Å². The molecule has 1 aliphatic rings. The molecule has 1 aromatic heterocycles. The number of urea groups is 1. The molecule has 0 saturated heterocycles. The lowest BCUT2D eigenvalue weighted by Crippen LogP contribution is -2.42. The number of methoxy groups -OCH3 is 1. The van der Waals surface area contributed by atoms with Crippen LogP contribution in [0.1, 0.15) is 17.3 Å². The lowest BCUT2D eigenvalue weighted by molar-refractivity contribution is 0.256. The van der Waals surface area contributed by atoms with Crippen LogP contribution in [0.5, 0.6) is 5.75 Å². The Kier molecular flexibility index (Phi) is 5.39. The number of nitrogens with two attached hydrogens (primary N) is 1. The van der Waals surface area contributed by atoms with Crippen LogP contribution in [-0.2, 0) is 0 Å². The number of nitrogens with zero attached hydrogens (tertiary/aromatic N) is 2. The third kappa shape index (κ3) is 3.71. The Bertz CT molecular complexity index is 1320. The molecule has 2 heterocycles. The van der Waals surface area contributed by atoms with E-state index in [0.717, 1.165) is 17.0 Å². The Morgan fingerprint density at radius 2 is 1.68 bits per heavy atom. The van der Waals surface area contributed by atoms with Crippen LogP contribution in [0.3, 0.4) is 0 Å². The van der Waals surface area contributed by atoms with Crippen LogP contribution in [-0.4, -0.2) is 19.0 Å². The number of furan rings is 1. The fourth-order valence-electron chi connectivity index (χ4n) is 4.09. The van der Waals surface area contributed by atoms with Gasteiger partial charge in [-0.3, -0.25) is 10.3 Å². The molecule has 3 aromatic carbocycles. The lowest BCUT2D eigenvalue weighted by Gasteiger charge is -2.38. The summed E-state index contributed by atoms with van der Waals surface area (Å²) in [5, 5.41) is 12.3. The maximum absolute atomic E-state index is 12.2. The number of benzene rings is 3. The van der Waals surface area contributed by atoms with E-state index in [0.29, 0.717) is 28.7 Å². The number of hydrogen-bond donors (Lipinski definition) is 3. The number of carbonyl (C=O) groups excluding carboxylic acids is 1. The highest BCUT2D eigenvalue weighted by Gasteiger charge is 2.33. The average molecular weight is 454 g/mol. The predicted octanol–water partition coefficient (Wildman–Crippen LogP) is 5.46. The van der Waals surface area contributed by atoms with Crippen molar-refractivity contribution < 1.29 is 13.9 Å². The number of rotatable bonds is 5. The van der Waals surface area contributed by atoms with Crippen molar-refractivity contribution in [1.82, 2.24) is 0 Å². The highest BCUT2D eigenvalue weighted by Crippen LogP contribution is 2.38. The quantitative estimate of drug-likeness (QED) is 0.372. The number of primary amides is 1. The Morgan fingerprint density at radius 3 is 2.32 bits per heavy atom. The minimum absolute atomic E-state index is 0.297. The number of nitrogens with one attached hydrogen (secondary N) is 2. The van der Waals surface area contributed by atoms with Crippen LogP contribution in [0, 0.1) is 5.41 Å². The molecule has 34 heavy (non-hydrogen) atoms. The zero-order valence-electron chi connectivity index (χ0n) is 18.4. The summed E-state index contributed by atoms with van der Waals surface area (Å²) in [7, 11) is 1.62. The fraction of sp³-hybridized carbons (Fsp3) is 0.0769. The van der Waals surface area contributed by atoms with E-state index in [9.17, 15) is 4.79 Å². The second-order valence-corrected chi connectivity index (χ2v) is 7.73. The summed E-state index contributed by atoms with van der Waals surface area (Å²) in [6, 6.07) is 25.4. The van der Waals surface area contributed by atoms with Crippen molar-refractivity contribution >= 4 is 34.8 Å². The molecule has 0 aliphatic carbocycles. The van der Waals surface area contributed by atoms with Crippen LogP contribution in [0.4, 0.5) is 27.7 Å². The highest BCUT2D eigenvalue weighted by atomic mass is 16.5. The Labute approximate surface area is 196 Å². The van der Waals surface area contributed by atoms with Gasteiger partial charge in [0.25, 0.3) is 0 Å². The van der Waals surface area contributed by atoms with Crippen molar-refractivity contribution in [2.75, 3.05) is 22.2 Å². The molecule has 5 rings (SSSR count). The van der Waals surface area contributed by atoms with Crippen molar-refractivity contribution in [3.05, 3.63) is 102 Å². The van der Waals surface area contributed by atoms with Gasteiger partial charge in [0.15, 0.2) is 0 Å². The molecule has 4 N–H and O–H groups in total. The van der Waals surface area contributed by atoms with Crippen LogP contribution in [0.2, 0.25) is 0 Å². The fourth-order valence-corrected chi connectivity index (χ4v) is 4.09. The van der Waals surface area contributed by atoms with Crippen molar-refractivity contribution in [2.24, 2.45) is 5.73 Å². The van der Waals surface area contributed by atoms with E-state index in [1.54, 1.807) is 19.4 Å². The molecule has 8 heteroatoms. The first kappa shape index (κ1) is 21.1. The second-order valence-electron chi connectivity index (χ2n) is 7.73. The van der Waals surface area contributed by atoms with E-state index in [2.05, 4.69) is 5.32 Å². The molecular formula is C26H23N5O3. The van der Waals surface area contributed by atoms with Gasteiger partial charge in [-0.2, -0.15) is 0 Å². The summed E-state index contributed by atoms with van der Waals surface area (Å²) in [6.07, 6.45) is 1.18. The maximum Gasteiger partial charge on any atom is 0.323 e. The average Bonchev–Trinajstić information content (AvgIpc) is 3.34. The van der Waals surface area contributed by atoms with Crippen LogP contribution in [0.15, 0.2) is 95.6 Å². The van der Waals surface area contributed by atoms with Gasteiger partial charge in [0.2, 0.25) is 5.88 Å². The summed E-state index contributed by atoms with van der Waals surface area (Å²) >= 11 is 0. The first-order valence-electron chi connectivity index (χ1n) is 10.7. The normalized spacial score (nSPS) is 14.8. The number of para-hydroxylation sites is 1. The molecule has 0 saturated carbocycles. The summed E-state index contributed by atoms with van der Waals surface area (Å²) in [5.74, 6) is 1.59. The number of carbonyl (C=O) groups is 1. The van der Waals surface area contributed by atoms with E-state index in [1.165, 1.54) is 4.90 Å². The van der Waals surface area contributed by atoms with Crippen molar-refractivity contribution in [3.63, 3.8) is 0 Å². The van der Waals surface area contributed by atoms with Gasteiger partial charge in [0.1, 0.15) is 17.8 Å². The number of anilines is 4. The van der Waals surface area contributed by atoms with E-state index >= 15 is 0 Å². The number of hydrogen-bond acceptors (Lipinski definition) is 5. The van der Waals surface area contributed by atoms with Crippen LogP contribution in [0.25, 0.3) is 0 Å². The summed E-state index contributed by atoms with van der Waals surface area (Å²) in [5.41, 5.74) is 9.35. The van der Waals surface area contributed by atoms with Gasteiger partial charge in [-0.05, 0) is 60.2 Å². The molecule has 170 valence electrons. The molecule has 1 unspecified atom stereocenters. The molecular weight excluding hydrogens is 430 g/mol. The van der Waals surface area contributed by atoms with E-state index in [-0.39, 0.29) is 6.17 Å². The van der Waals surface area contributed by atoms with Gasteiger partial charge in [-0.25, -0.2) is 4.79 Å². The maximum atomic E-state index is 12.2.